The van der Waals surface area contributed by atoms with E-state index in [-0.39, 0.29) is 18.7 Å². The number of likely N-dealkylation sites (tertiary alicyclic amines) is 1. The van der Waals surface area contributed by atoms with Gasteiger partial charge >= 0.3 is 12.1 Å². The van der Waals surface area contributed by atoms with E-state index in [4.69, 9.17) is 5.11 Å². The topological polar surface area (TPSA) is 83.4 Å². The Labute approximate surface area is 117 Å². The van der Waals surface area contributed by atoms with Crippen molar-refractivity contribution in [2.75, 3.05) is 6.54 Å². The molecule has 6 nitrogen and oxygen atoms in total. The molecule has 0 aliphatic carbocycles. The number of aliphatic carboxylic acids is 1. The number of hydrogen-bond acceptors (Lipinski definition) is 4. The molecule has 1 atom stereocenters. The molecule has 0 bridgehead atoms. The number of carboxylic acid groups (broad SMARTS) is 1. The normalized spacial score (nSPS) is 18.9. The molecule has 1 saturated heterocycles. The highest BCUT2D eigenvalue weighted by Gasteiger charge is 2.38. The molecule has 1 fully saturated rings. The van der Waals surface area contributed by atoms with Gasteiger partial charge in [-0.15, -0.1) is 0 Å². The Bertz CT molecular complexity index is 589. The molecule has 1 aliphatic heterocycles. The Morgan fingerprint density at radius 1 is 1.38 bits per heavy atom. The summed E-state index contributed by atoms with van der Waals surface area (Å²) in [6, 6.07) is 0.0940. The zero-order valence-electron chi connectivity index (χ0n) is 11.0. The number of hydrogen-bond donors (Lipinski definition) is 1. The standard InChI is InChI=1S/C12H12F3N3O3/c1-6-5-7(17-11(16-6)12(13,14)15)9(19)18-4-2-3-8(18)10(20)21/h5,8H,2-4H2,1H3,(H,20,21). The van der Waals surface area contributed by atoms with Gasteiger partial charge in [-0.2, -0.15) is 13.2 Å². The molecule has 9 heteroatoms. The first-order valence-electron chi connectivity index (χ1n) is 6.17. The van der Waals surface area contributed by atoms with Crippen LogP contribution in [0.5, 0.6) is 0 Å². The fourth-order valence-electron chi connectivity index (χ4n) is 2.22. The number of amides is 1. The molecule has 2 heterocycles. The van der Waals surface area contributed by atoms with Crippen LogP contribution in [0.25, 0.3) is 0 Å². The molecule has 114 valence electrons. The zero-order chi connectivity index (χ0) is 15.8. The summed E-state index contributed by atoms with van der Waals surface area (Å²) >= 11 is 0. The van der Waals surface area contributed by atoms with Crippen molar-refractivity contribution >= 4 is 11.9 Å². The minimum absolute atomic E-state index is 0.00764. The van der Waals surface area contributed by atoms with Gasteiger partial charge in [0.1, 0.15) is 11.7 Å². The highest BCUT2D eigenvalue weighted by Crippen LogP contribution is 2.27. The predicted octanol–water partition coefficient (Wildman–Crippen LogP) is 1.49. The Morgan fingerprint density at radius 2 is 2.05 bits per heavy atom. The molecule has 1 amide bonds. The van der Waals surface area contributed by atoms with Crippen LogP contribution in [0.4, 0.5) is 13.2 Å². The average molecular weight is 303 g/mol. The maximum atomic E-state index is 12.6. The fourth-order valence-corrected chi connectivity index (χ4v) is 2.22. The number of aromatic nitrogens is 2. The molecule has 0 saturated carbocycles. The van der Waals surface area contributed by atoms with Gasteiger partial charge in [-0.1, -0.05) is 0 Å². The summed E-state index contributed by atoms with van der Waals surface area (Å²) < 4.78 is 37.9. The summed E-state index contributed by atoms with van der Waals surface area (Å²) in [7, 11) is 0. The number of aryl methyl sites for hydroxylation is 1. The maximum absolute atomic E-state index is 12.6. The van der Waals surface area contributed by atoms with Gasteiger partial charge in [0.05, 0.1) is 0 Å². The summed E-state index contributed by atoms with van der Waals surface area (Å²) in [4.78, 5) is 30.7. The molecule has 1 aromatic heterocycles. The van der Waals surface area contributed by atoms with Crippen LogP contribution in [0.15, 0.2) is 6.07 Å². The summed E-state index contributed by atoms with van der Waals surface area (Å²) in [5, 5.41) is 9.01. The molecule has 21 heavy (non-hydrogen) atoms. The number of alkyl halides is 3. The maximum Gasteiger partial charge on any atom is 0.451 e. The van der Waals surface area contributed by atoms with Crippen LogP contribution >= 0.6 is 0 Å². The first kappa shape index (κ1) is 15.2. The number of halogens is 3. The van der Waals surface area contributed by atoms with E-state index < -0.39 is 35.6 Å². The molecule has 0 aromatic carbocycles. The lowest BCUT2D eigenvalue weighted by atomic mass is 10.2. The van der Waals surface area contributed by atoms with Crippen LogP contribution in [0, 0.1) is 6.92 Å². The Hall–Kier alpha value is -2.19. The molecular formula is C12H12F3N3O3. The summed E-state index contributed by atoms with van der Waals surface area (Å²) in [6.45, 7) is 1.49. The van der Waals surface area contributed by atoms with Crippen molar-refractivity contribution in [1.82, 2.24) is 14.9 Å². The highest BCUT2D eigenvalue weighted by atomic mass is 19.4. The van der Waals surface area contributed by atoms with E-state index in [9.17, 15) is 22.8 Å². The van der Waals surface area contributed by atoms with Crippen LogP contribution in [0.1, 0.15) is 34.8 Å². The molecular weight excluding hydrogens is 291 g/mol. The van der Waals surface area contributed by atoms with E-state index in [1.54, 1.807) is 0 Å². The van der Waals surface area contributed by atoms with Crippen molar-refractivity contribution in [2.45, 2.75) is 32.0 Å². The predicted molar refractivity (Wildman–Crippen MR) is 63.5 cm³/mol. The SMILES string of the molecule is Cc1cc(C(=O)N2CCCC2C(=O)O)nc(C(F)(F)F)n1. The Kier molecular flexibility index (Phi) is 3.84. The third kappa shape index (κ3) is 3.11. The van der Waals surface area contributed by atoms with Crippen LogP contribution < -0.4 is 0 Å². The van der Waals surface area contributed by atoms with Crippen LogP contribution in [0.3, 0.4) is 0 Å². The van der Waals surface area contributed by atoms with Gasteiger partial charge in [-0.25, -0.2) is 14.8 Å². The molecule has 1 aliphatic rings. The van der Waals surface area contributed by atoms with Gasteiger partial charge in [0.2, 0.25) is 5.82 Å². The van der Waals surface area contributed by atoms with Gasteiger partial charge in [0.15, 0.2) is 0 Å². The van der Waals surface area contributed by atoms with Gasteiger partial charge < -0.3 is 10.0 Å². The van der Waals surface area contributed by atoms with Crippen molar-refractivity contribution in [2.24, 2.45) is 0 Å². The molecule has 1 N–H and O–H groups in total. The first-order chi connectivity index (χ1) is 9.70. The zero-order valence-corrected chi connectivity index (χ0v) is 11.0. The number of nitrogens with zero attached hydrogens (tertiary/aromatic N) is 3. The largest absolute Gasteiger partial charge is 0.480 e. The lowest BCUT2D eigenvalue weighted by Crippen LogP contribution is -2.41. The van der Waals surface area contributed by atoms with E-state index in [1.165, 1.54) is 6.92 Å². The second-order valence-electron chi connectivity index (χ2n) is 4.71. The van der Waals surface area contributed by atoms with Gasteiger partial charge in [-0.05, 0) is 25.8 Å². The van der Waals surface area contributed by atoms with E-state index in [0.717, 1.165) is 11.0 Å². The van der Waals surface area contributed by atoms with Crippen molar-refractivity contribution < 1.29 is 27.9 Å². The fraction of sp³-hybridized carbons (Fsp3) is 0.500. The summed E-state index contributed by atoms with van der Waals surface area (Å²) in [5.74, 6) is -3.41. The summed E-state index contributed by atoms with van der Waals surface area (Å²) in [5.41, 5.74) is -0.449. The molecule has 2 rings (SSSR count). The molecule has 1 unspecified atom stereocenters. The summed E-state index contributed by atoms with van der Waals surface area (Å²) in [6.07, 6.45) is -4.01. The van der Waals surface area contributed by atoms with Crippen molar-refractivity contribution in [3.8, 4) is 0 Å². The van der Waals surface area contributed by atoms with Gasteiger partial charge in [0.25, 0.3) is 5.91 Å². The number of carboxylic acids is 1. The van der Waals surface area contributed by atoms with E-state index in [2.05, 4.69) is 9.97 Å². The van der Waals surface area contributed by atoms with E-state index in [1.807, 2.05) is 0 Å². The number of carbonyl (C=O) groups excluding carboxylic acids is 1. The molecule has 1 aromatic rings. The lowest BCUT2D eigenvalue weighted by Gasteiger charge is -2.21. The van der Waals surface area contributed by atoms with Crippen molar-refractivity contribution in [3.63, 3.8) is 0 Å². The Balaban J connectivity index is 2.35. The second-order valence-corrected chi connectivity index (χ2v) is 4.71. The average Bonchev–Trinajstić information content (AvgIpc) is 2.85. The van der Waals surface area contributed by atoms with E-state index in [0.29, 0.717) is 6.42 Å². The van der Waals surface area contributed by atoms with Crippen LogP contribution in [-0.4, -0.2) is 44.4 Å². The quantitative estimate of drug-likeness (QED) is 0.895. The van der Waals surface area contributed by atoms with E-state index >= 15 is 0 Å². The lowest BCUT2D eigenvalue weighted by molar-refractivity contribution is -0.145. The minimum atomic E-state index is -4.77. The number of carbonyl (C=O) groups is 2. The molecule has 0 spiro atoms. The highest BCUT2D eigenvalue weighted by molar-refractivity contribution is 5.95. The van der Waals surface area contributed by atoms with Crippen LogP contribution in [0.2, 0.25) is 0 Å². The monoisotopic (exact) mass is 303 g/mol. The molecule has 0 radical (unpaired) electrons. The second kappa shape index (κ2) is 5.30. The Morgan fingerprint density at radius 3 is 2.62 bits per heavy atom. The third-order valence-corrected chi connectivity index (χ3v) is 3.13. The first-order valence-corrected chi connectivity index (χ1v) is 6.17. The van der Waals surface area contributed by atoms with Gasteiger partial charge in [0, 0.05) is 12.2 Å². The van der Waals surface area contributed by atoms with Gasteiger partial charge in [-0.3, -0.25) is 4.79 Å². The van der Waals surface area contributed by atoms with Crippen LogP contribution in [-0.2, 0) is 11.0 Å². The number of rotatable bonds is 2. The van der Waals surface area contributed by atoms with Crippen molar-refractivity contribution in [3.05, 3.63) is 23.3 Å². The minimum Gasteiger partial charge on any atom is -0.480 e. The third-order valence-electron chi connectivity index (χ3n) is 3.13. The van der Waals surface area contributed by atoms with Crippen molar-refractivity contribution in [1.29, 1.82) is 0 Å². The smallest absolute Gasteiger partial charge is 0.451 e.